The van der Waals surface area contributed by atoms with Crippen molar-refractivity contribution in [1.82, 2.24) is 24.8 Å². The zero-order valence-corrected chi connectivity index (χ0v) is 13.5. The van der Waals surface area contributed by atoms with E-state index in [1.807, 2.05) is 0 Å². The Morgan fingerprint density at radius 2 is 2.08 bits per heavy atom. The molecule has 0 bridgehead atoms. The van der Waals surface area contributed by atoms with Crippen LogP contribution in [0, 0.1) is 5.82 Å². The van der Waals surface area contributed by atoms with Crippen LogP contribution < -0.4 is 0 Å². The second-order valence-corrected chi connectivity index (χ2v) is 5.83. The van der Waals surface area contributed by atoms with E-state index in [0.717, 1.165) is 0 Å². The quantitative estimate of drug-likeness (QED) is 0.833. The number of nitrogens with zero attached hydrogens (tertiary/aromatic N) is 5. The molecule has 0 radical (unpaired) electrons. The Morgan fingerprint density at radius 3 is 2.83 bits per heavy atom. The molecule has 1 aliphatic rings. The molecule has 1 atom stereocenters. The molecule has 2 amide bonds. The van der Waals surface area contributed by atoms with Crippen LogP contribution in [0.25, 0.3) is 0 Å². The van der Waals surface area contributed by atoms with Crippen LogP contribution in [-0.2, 0) is 11.3 Å². The van der Waals surface area contributed by atoms with Gasteiger partial charge in [0.05, 0.1) is 12.7 Å². The number of hydrogen-bond acceptors (Lipinski definition) is 4. The molecule has 1 unspecified atom stereocenters. The number of aromatic nitrogens is 3. The Morgan fingerprint density at radius 1 is 1.33 bits per heavy atom. The van der Waals surface area contributed by atoms with E-state index in [4.69, 9.17) is 0 Å². The summed E-state index contributed by atoms with van der Waals surface area (Å²) in [4.78, 5) is 27.7. The summed E-state index contributed by atoms with van der Waals surface area (Å²) < 4.78 is 15.1. The summed E-state index contributed by atoms with van der Waals surface area (Å²) in [5.74, 6) is -0.781. The smallest absolute Gasteiger partial charge is 0.276 e. The third kappa shape index (κ3) is 2.99. The van der Waals surface area contributed by atoms with E-state index >= 15 is 0 Å². The molecule has 1 aliphatic heterocycles. The average Bonchev–Trinajstić information content (AvgIpc) is 3.03. The van der Waals surface area contributed by atoms with Crippen LogP contribution in [0.1, 0.15) is 23.0 Å². The minimum absolute atomic E-state index is 0.103. The van der Waals surface area contributed by atoms with Gasteiger partial charge in [-0.3, -0.25) is 9.59 Å². The van der Waals surface area contributed by atoms with E-state index in [2.05, 4.69) is 10.3 Å². The minimum Gasteiger partial charge on any atom is -0.342 e. The largest absolute Gasteiger partial charge is 0.342 e. The van der Waals surface area contributed by atoms with Gasteiger partial charge < -0.3 is 9.80 Å². The summed E-state index contributed by atoms with van der Waals surface area (Å²) in [6.07, 6.45) is 1.48. The van der Waals surface area contributed by atoms with Crippen LogP contribution in [0.2, 0.25) is 0 Å². The SMILES string of the molecule is CC1C(=O)N(C)CCN1C(=O)c1cn(Cc2ccccc2F)nn1. The molecule has 1 fully saturated rings. The standard InChI is InChI=1S/C16H18FN5O2/c1-11-15(23)20(2)7-8-22(11)16(24)14-10-21(19-18-14)9-12-5-3-4-6-13(12)17/h3-6,10-11H,7-9H2,1-2H3. The first-order valence-corrected chi connectivity index (χ1v) is 7.67. The van der Waals surface area contributed by atoms with Crippen molar-refractivity contribution in [3.63, 3.8) is 0 Å². The number of rotatable bonds is 3. The van der Waals surface area contributed by atoms with Crippen LogP contribution in [-0.4, -0.2) is 62.8 Å². The highest BCUT2D eigenvalue weighted by atomic mass is 19.1. The van der Waals surface area contributed by atoms with Gasteiger partial charge in [0.2, 0.25) is 5.91 Å². The lowest BCUT2D eigenvalue weighted by Crippen LogP contribution is -2.56. The van der Waals surface area contributed by atoms with Gasteiger partial charge in [0.1, 0.15) is 11.9 Å². The minimum atomic E-state index is -0.534. The predicted octanol–water partition coefficient (Wildman–Crippen LogP) is 0.768. The number of hydrogen-bond donors (Lipinski definition) is 0. The molecule has 24 heavy (non-hydrogen) atoms. The van der Waals surface area contributed by atoms with Gasteiger partial charge >= 0.3 is 0 Å². The second kappa shape index (κ2) is 6.38. The Bertz CT molecular complexity index is 775. The van der Waals surface area contributed by atoms with Crippen molar-refractivity contribution < 1.29 is 14.0 Å². The third-order valence-corrected chi connectivity index (χ3v) is 4.19. The molecule has 2 aromatic rings. The van der Waals surface area contributed by atoms with Gasteiger partial charge in [0.15, 0.2) is 5.69 Å². The van der Waals surface area contributed by atoms with Crippen molar-refractivity contribution >= 4 is 11.8 Å². The van der Waals surface area contributed by atoms with E-state index in [-0.39, 0.29) is 29.9 Å². The lowest BCUT2D eigenvalue weighted by Gasteiger charge is -2.36. The fourth-order valence-corrected chi connectivity index (χ4v) is 2.71. The molecule has 7 nitrogen and oxygen atoms in total. The van der Waals surface area contributed by atoms with Crippen LogP contribution >= 0.6 is 0 Å². The maximum absolute atomic E-state index is 13.7. The maximum atomic E-state index is 13.7. The number of carbonyl (C=O) groups excluding carboxylic acids is 2. The van der Waals surface area contributed by atoms with Crippen LogP contribution in [0.4, 0.5) is 4.39 Å². The average molecular weight is 331 g/mol. The summed E-state index contributed by atoms with van der Waals surface area (Å²) >= 11 is 0. The van der Waals surface area contributed by atoms with Crippen LogP contribution in [0.3, 0.4) is 0 Å². The summed E-state index contributed by atoms with van der Waals surface area (Å²) in [5, 5.41) is 7.75. The number of benzene rings is 1. The van der Waals surface area contributed by atoms with Crippen molar-refractivity contribution in [3.8, 4) is 0 Å². The summed E-state index contributed by atoms with van der Waals surface area (Å²) in [7, 11) is 1.71. The summed E-state index contributed by atoms with van der Waals surface area (Å²) in [5.41, 5.74) is 0.611. The number of likely N-dealkylation sites (N-methyl/N-ethyl adjacent to an activating group) is 1. The Kier molecular flexibility index (Phi) is 4.28. The molecule has 1 aromatic heterocycles. The zero-order valence-electron chi connectivity index (χ0n) is 13.5. The van der Waals surface area contributed by atoms with Crippen molar-refractivity contribution in [2.45, 2.75) is 19.5 Å². The Labute approximate surface area is 138 Å². The van der Waals surface area contributed by atoms with Crippen molar-refractivity contribution in [2.75, 3.05) is 20.1 Å². The first kappa shape index (κ1) is 16.1. The van der Waals surface area contributed by atoms with Gasteiger partial charge in [0, 0.05) is 25.7 Å². The number of carbonyl (C=O) groups is 2. The molecule has 1 saturated heterocycles. The molecule has 8 heteroatoms. The molecule has 0 spiro atoms. The molecule has 126 valence electrons. The molecular weight excluding hydrogens is 313 g/mol. The number of halogens is 1. The van der Waals surface area contributed by atoms with E-state index in [9.17, 15) is 14.0 Å². The second-order valence-electron chi connectivity index (χ2n) is 5.83. The highest BCUT2D eigenvalue weighted by molar-refractivity contribution is 5.96. The van der Waals surface area contributed by atoms with Gasteiger partial charge in [-0.15, -0.1) is 5.10 Å². The highest BCUT2D eigenvalue weighted by Gasteiger charge is 2.34. The first-order chi connectivity index (χ1) is 11.5. The van der Waals surface area contributed by atoms with Gasteiger partial charge in [-0.1, -0.05) is 23.4 Å². The van der Waals surface area contributed by atoms with E-state index in [0.29, 0.717) is 18.7 Å². The van der Waals surface area contributed by atoms with E-state index in [1.165, 1.54) is 21.8 Å². The highest BCUT2D eigenvalue weighted by Crippen LogP contribution is 2.14. The van der Waals surface area contributed by atoms with Crippen molar-refractivity contribution in [2.24, 2.45) is 0 Å². The fourth-order valence-electron chi connectivity index (χ4n) is 2.71. The predicted molar refractivity (Wildman–Crippen MR) is 83.7 cm³/mol. The van der Waals surface area contributed by atoms with Crippen molar-refractivity contribution in [1.29, 1.82) is 0 Å². The van der Waals surface area contributed by atoms with Gasteiger partial charge in [-0.25, -0.2) is 9.07 Å². The molecule has 1 aromatic carbocycles. The molecule has 0 aliphatic carbocycles. The van der Waals surface area contributed by atoms with Crippen LogP contribution in [0.15, 0.2) is 30.5 Å². The normalized spacial score (nSPS) is 18.1. The maximum Gasteiger partial charge on any atom is 0.276 e. The number of piperazine rings is 1. The first-order valence-electron chi connectivity index (χ1n) is 7.67. The van der Waals surface area contributed by atoms with E-state index in [1.54, 1.807) is 37.1 Å². The van der Waals surface area contributed by atoms with Crippen LogP contribution in [0.5, 0.6) is 0 Å². The van der Waals surface area contributed by atoms with Gasteiger partial charge in [-0.05, 0) is 13.0 Å². The molecule has 0 saturated carbocycles. The van der Waals surface area contributed by atoms with Gasteiger partial charge in [0.25, 0.3) is 5.91 Å². The molecular formula is C16H18FN5O2. The topological polar surface area (TPSA) is 71.3 Å². The monoisotopic (exact) mass is 331 g/mol. The van der Waals surface area contributed by atoms with Gasteiger partial charge in [-0.2, -0.15) is 0 Å². The Hall–Kier alpha value is -2.77. The molecule has 0 N–H and O–H groups in total. The lowest BCUT2D eigenvalue weighted by atomic mass is 10.1. The van der Waals surface area contributed by atoms with Crippen molar-refractivity contribution in [3.05, 3.63) is 47.5 Å². The Balaban J connectivity index is 1.74. The molecule has 2 heterocycles. The van der Waals surface area contributed by atoms with E-state index < -0.39 is 6.04 Å². The molecule has 3 rings (SSSR count). The number of amides is 2. The third-order valence-electron chi connectivity index (χ3n) is 4.19. The zero-order chi connectivity index (χ0) is 17.3. The summed E-state index contributed by atoms with van der Waals surface area (Å²) in [6.45, 7) is 2.81. The summed E-state index contributed by atoms with van der Waals surface area (Å²) in [6, 6.07) is 5.84. The fraction of sp³-hybridized carbons (Fsp3) is 0.375. The lowest BCUT2D eigenvalue weighted by molar-refractivity contribution is -0.137.